The Hall–Kier alpha value is -1.51. The van der Waals surface area contributed by atoms with Crippen LogP contribution in [-0.4, -0.2) is 26.0 Å². The number of nitrogens with zero attached hydrogens (tertiary/aromatic N) is 1. The van der Waals surface area contributed by atoms with E-state index in [0.29, 0.717) is 11.8 Å². The van der Waals surface area contributed by atoms with Crippen molar-refractivity contribution in [2.75, 3.05) is 18.6 Å². The van der Waals surface area contributed by atoms with Gasteiger partial charge < -0.3 is 14.4 Å². The Morgan fingerprint density at radius 2 is 2.00 bits per heavy atom. The molecule has 2 atom stereocenters. The predicted molar refractivity (Wildman–Crippen MR) is 68.5 cm³/mol. The van der Waals surface area contributed by atoms with E-state index >= 15 is 0 Å². The molecule has 0 saturated carbocycles. The van der Waals surface area contributed by atoms with Crippen LogP contribution in [0.1, 0.15) is 13.8 Å². The van der Waals surface area contributed by atoms with Crippen LogP contribution >= 0.6 is 0 Å². The molecule has 2 rings (SSSR count). The van der Waals surface area contributed by atoms with Crippen molar-refractivity contribution in [2.24, 2.45) is 11.8 Å². The van der Waals surface area contributed by atoms with Gasteiger partial charge in [0.1, 0.15) is 12.0 Å². The lowest BCUT2D eigenvalue weighted by Crippen LogP contribution is -2.59. The molecule has 1 aliphatic heterocycles. The lowest BCUT2D eigenvalue weighted by Gasteiger charge is -2.48. The third kappa shape index (κ3) is 2.14. The van der Waals surface area contributed by atoms with E-state index in [1.807, 2.05) is 24.3 Å². The van der Waals surface area contributed by atoms with Gasteiger partial charge >= 0.3 is 0 Å². The first-order chi connectivity index (χ1) is 8.17. The molecular weight excluding hydrogens is 214 g/mol. The van der Waals surface area contributed by atoms with Crippen molar-refractivity contribution in [3.63, 3.8) is 0 Å². The number of hydrogen-bond acceptors (Lipinski definition) is 3. The van der Waals surface area contributed by atoms with Crippen LogP contribution in [0.4, 0.5) is 5.69 Å². The van der Waals surface area contributed by atoms with Gasteiger partial charge in [0, 0.05) is 18.2 Å². The van der Waals surface area contributed by atoms with Crippen LogP contribution in [0.3, 0.4) is 0 Å². The SMILES string of the molecule is COc1ccc(N2C[C@@H](C(C)C)[C@H]2C=O)cc1. The number of ether oxygens (including phenoxy) is 1. The zero-order valence-electron chi connectivity index (χ0n) is 10.6. The van der Waals surface area contributed by atoms with E-state index in [2.05, 4.69) is 18.7 Å². The summed E-state index contributed by atoms with van der Waals surface area (Å²) in [7, 11) is 1.65. The monoisotopic (exact) mass is 233 g/mol. The highest BCUT2D eigenvalue weighted by atomic mass is 16.5. The van der Waals surface area contributed by atoms with Gasteiger partial charge in [-0.1, -0.05) is 13.8 Å². The summed E-state index contributed by atoms with van der Waals surface area (Å²) in [6.07, 6.45) is 1.07. The average Bonchev–Trinajstić information content (AvgIpc) is 2.29. The number of hydrogen-bond donors (Lipinski definition) is 0. The number of methoxy groups -OCH3 is 1. The average molecular weight is 233 g/mol. The van der Waals surface area contributed by atoms with E-state index in [9.17, 15) is 4.79 Å². The predicted octanol–water partition coefficient (Wildman–Crippen LogP) is 2.35. The second-order valence-corrected chi connectivity index (χ2v) is 4.88. The second kappa shape index (κ2) is 4.78. The molecule has 0 bridgehead atoms. The topological polar surface area (TPSA) is 29.5 Å². The first kappa shape index (κ1) is 12.0. The second-order valence-electron chi connectivity index (χ2n) is 4.88. The first-order valence-corrected chi connectivity index (χ1v) is 6.03. The number of anilines is 1. The summed E-state index contributed by atoms with van der Waals surface area (Å²) in [6, 6.07) is 7.90. The van der Waals surface area contributed by atoms with Gasteiger partial charge in [-0.2, -0.15) is 0 Å². The number of aldehydes is 1. The minimum Gasteiger partial charge on any atom is -0.497 e. The molecule has 0 N–H and O–H groups in total. The first-order valence-electron chi connectivity index (χ1n) is 6.03. The summed E-state index contributed by atoms with van der Waals surface area (Å²) in [6.45, 7) is 5.31. The lowest BCUT2D eigenvalue weighted by molar-refractivity contribution is -0.111. The Labute approximate surface area is 102 Å². The quantitative estimate of drug-likeness (QED) is 0.748. The van der Waals surface area contributed by atoms with Gasteiger partial charge in [-0.15, -0.1) is 0 Å². The number of rotatable bonds is 4. The fourth-order valence-electron chi connectivity index (χ4n) is 2.38. The summed E-state index contributed by atoms with van der Waals surface area (Å²) < 4.78 is 5.13. The fraction of sp³-hybridized carbons (Fsp3) is 0.500. The van der Waals surface area contributed by atoms with Crippen LogP contribution < -0.4 is 9.64 Å². The highest BCUT2D eigenvalue weighted by Crippen LogP contribution is 2.35. The van der Waals surface area contributed by atoms with Gasteiger partial charge in [0.05, 0.1) is 13.2 Å². The normalized spacial score (nSPS) is 23.4. The molecule has 3 nitrogen and oxygen atoms in total. The van der Waals surface area contributed by atoms with Crippen molar-refractivity contribution < 1.29 is 9.53 Å². The van der Waals surface area contributed by atoms with Gasteiger partial charge in [-0.05, 0) is 30.2 Å². The van der Waals surface area contributed by atoms with Crippen LogP contribution in [-0.2, 0) is 4.79 Å². The Bertz CT molecular complexity index is 386. The molecule has 1 saturated heterocycles. The van der Waals surface area contributed by atoms with Gasteiger partial charge in [0.25, 0.3) is 0 Å². The summed E-state index contributed by atoms with van der Waals surface area (Å²) >= 11 is 0. The molecule has 0 aromatic heterocycles. The molecule has 0 radical (unpaired) electrons. The van der Waals surface area contributed by atoms with E-state index in [4.69, 9.17) is 4.74 Å². The Kier molecular flexibility index (Phi) is 3.36. The molecule has 1 fully saturated rings. The molecule has 1 heterocycles. The zero-order valence-corrected chi connectivity index (χ0v) is 10.6. The maximum Gasteiger partial charge on any atom is 0.142 e. The zero-order chi connectivity index (χ0) is 12.4. The van der Waals surface area contributed by atoms with E-state index < -0.39 is 0 Å². The van der Waals surface area contributed by atoms with Crippen LogP contribution in [0.2, 0.25) is 0 Å². The van der Waals surface area contributed by atoms with Gasteiger partial charge in [-0.25, -0.2) is 0 Å². The summed E-state index contributed by atoms with van der Waals surface area (Å²) in [5.41, 5.74) is 1.10. The minimum absolute atomic E-state index is 0.0309. The molecule has 1 aliphatic rings. The van der Waals surface area contributed by atoms with Crippen molar-refractivity contribution in [3.8, 4) is 5.75 Å². The molecule has 1 aromatic rings. The van der Waals surface area contributed by atoms with Crippen molar-refractivity contribution in [1.82, 2.24) is 0 Å². The molecule has 92 valence electrons. The van der Waals surface area contributed by atoms with E-state index in [-0.39, 0.29) is 6.04 Å². The largest absolute Gasteiger partial charge is 0.497 e. The van der Waals surface area contributed by atoms with Crippen LogP contribution in [0.25, 0.3) is 0 Å². The molecule has 17 heavy (non-hydrogen) atoms. The Morgan fingerprint density at radius 1 is 1.35 bits per heavy atom. The summed E-state index contributed by atoms with van der Waals surface area (Å²) in [4.78, 5) is 13.3. The van der Waals surface area contributed by atoms with Crippen molar-refractivity contribution in [2.45, 2.75) is 19.9 Å². The Morgan fingerprint density at radius 3 is 2.47 bits per heavy atom. The minimum atomic E-state index is 0.0309. The number of carbonyl (C=O) groups excluding carboxylic acids is 1. The van der Waals surface area contributed by atoms with Gasteiger partial charge in [0.15, 0.2) is 0 Å². The van der Waals surface area contributed by atoms with E-state index in [1.54, 1.807) is 7.11 Å². The lowest BCUT2D eigenvalue weighted by atomic mass is 9.80. The smallest absolute Gasteiger partial charge is 0.142 e. The highest BCUT2D eigenvalue weighted by molar-refractivity contribution is 5.70. The van der Waals surface area contributed by atoms with E-state index in [0.717, 1.165) is 24.3 Å². The maximum atomic E-state index is 11.1. The van der Waals surface area contributed by atoms with Crippen LogP contribution in [0.15, 0.2) is 24.3 Å². The third-order valence-corrected chi connectivity index (χ3v) is 3.61. The summed E-state index contributed by atoms with van der Waals surface area (Å²) in [5.74, 6) is 1.88. The molecular formula is C14H19NO2. The standard InChI is InChI=1S/C14H19NO2/c1-10(2)13-8-15(14(13)9-16)11-4-6-12(17-3)7-5-11/h4-7,9-10,13-14H,8H2,1-3H3/t13-,14+/m0/s1. The Balaban J connectivity index is 2.10. The van der Waals surface area contributed by atoms with Gasteiger partial charge in [0.2, 0.25) is 0 Å². The number of benzene rings is 1. The summed E-state index contributed by atoms with van der Waals surface area (Å²) in [5, 5.41) is 0. The van der Waals surface area contributed by atoms with Crippen LogP contribution in [0.5, 0.6) is 5.75 Å². The highest BCUT2D eigenvalue weighted by Gasteiger charge is 2.40. The molecule has 0 unspecified atom stereocenters. The molecule has 0 spiro atoms. The fourth-order valence-corrected chi connectivity index (χ4v) is 2.38. The van der Waals surface area contributed by atoms with Crippen LogP contribution in [0, 0.1) is 11.8 Å². The van der Waals surface area contributed by atoms with Crippen molar-refractivity contribution in [1.29, 1.82) is 0 Å². The van der Waals surface area contributed by atoms with E-state index in [1.165, 1.54) is 0 Å². The molecule has 1 aromatic carbocycles. The molecule has 0 aliphatic carbocycles. The number of carbonyl (C=O) groups is 1. The molecule has 3 heteroatoms. The van der Waals surface area contributed by atoms with Crippen molar-refractivity contribution in [3.05, 3.63) is 24.3 Å². The van der Waals surface area contributed by atoms with Crippen molar-refractivity contribution >= 4 is 12.0 Å². The molecule has 0 amide bonds. The van der Waals surface area contributed by atoms with Gasteiger partial charge in [-0.3, -0.25) is 0 Å². The maximum absolute atomic E-state index is 11.1. The third-order valence-electron chi connectivity index (χ3n) is 3.61.